The minimum Gasteiger partial charge on any atom is -0.343 e. The molecule has 0 bridgehead atoms. The van der Waals surface area contributed by atoms with Crippen molar-refractivity contribution in [1.29, 1.82) is 0 Å². The number of benzene rings is 2. The summed E-state index contributed by atoms with van der Waals surface area (Å²) in [6.45, 7) is 1.87. The van der Waals surface area contributed by atoms with Crippen molar-refractivity contribution >= 4 is 33.4 Å². The normalized spacial score (nSPS) is 13.0. The van der Waals surface area contributed by atoms with Crippen molar-refractivity contribution < 1.29 is 9.59 Å². The zero-order valence-corrected chi connectivity index (χ0v) is 15.8. The van der Waals surface area contributed by atoms with Gasteiger partial charge in [0.15, 0.2) is 0 Å². The Kier molecular flexibility index (Phi) is 5.53. The first-order chi connectivity index (χ1) is 12.0. The topological polar surface area (TPSA) is 58.2 Å². The first-order valence-electron chi connectivity index (χ1n) is 8.49. The molecule has 1 aliphatic carbocycles. The highest BCUT2D eigenvalue weighted by Crippen LogP contribution is 2.22. The van der Waals surface area contributed by atoms with Gasteiger partial charge >= 0.3 is 0 Å². The maximum Gasteiger partial charge on any atom is 0.251 e. The van der Waals surface area contributed by atoms with E-state index in [1.807, 2.05) is 43.3 Å². The van der Waals surface area contributed by atoms with Crippen LogP contribution in [0.3, 0.4) is 0 Å². The summed E-state index contributed by atoms with van der Waals surface area (Å²) in [5.74, 6) is -0.451. The molecule has 5 heteroatoms. The van der Waals surface area contributed by atoms with Crippen molar-refractivity contribution in [2.24, 2.45) is 0 Å². The van der Waals surface area contributed by atoms with Gasteiger partial charge in [0.2, 0.25) is 5.91 Å². The zero-order chi connectivity index (χ0) is 17.8. The van der Waals surface area contributed by atoms with Gasteiger partial charge in [-0.1, -0.05) is 22.0 Å². The van der Waals surface area contributed by atoms with Gasteiger partial charge in [0.25, 0.3) is 5.91 Å². The summed E-state index contributed by atoms with van der Waals surface area (Å²) in [6, 6.07) is 11.5. The van der Waals surface area contributed by atoms with E-state index in [1.165, 1.54) is 24.0 Å². The molecule has 0 atom stereocenters. The molecule has 2 aromatic carbocycles. The van der Waals surface area contributed by atoms with Gasteiger partial charge in [0.05, 0.1) is 6.54 Å². The summed E-state index contributed by atoms with van der Waals surface area (Å²) in [5, 5.41) is 5.52. The van der Waals surface area contributed by atoms with Crippen molar-refractivity contribution in [2.75, 3.05) is 11.9 Å². The quantitative estimate of drug-likeness (QED) is 0.814. The summed E-state index contributed by atoms with van der Waals surface area (Å²) in [6.07, 6.45) is 4.51. The third-order valence-electron chi connectivity index (χ3n) is 4.48. The number of amides is 2. The third-order valence-corrected chi connectivity index (χ3v) is 4.98. The molecule has 2 amide bonds. The van der Waals surface area contributed by atoms with E-state index < -0.39 is 0 Å². The van der Waals surface area contributed by atoms with E-state index in [9.17, 15) is 9.59 Å². The lowest BCUT2D eigenvalue weighted by molar-refractivity contribution is -0.115. The molecule has 0 heterocycles. The van der Waals surface area contributed by atoms with Crippen LogP contribution >= 0.6 is 15.9 Å². The molecule has 0 saturated carbocycles. The Hall–Kier alpha value is -2.14. The van der Waals surface area contributed by atoms with Gasteiger partial charge in [-0.25, -0.2) is 0 Å². The average molecular weight is 401 g/mol. The van der Waals surface area contributed by atoms with Crippen LogP contribution in [0, 0.1) is 6.92 Å². The van der Waals surface area contributed by atoms with Crippen LogP contribution < -0.4 is 10.6 Å². The second kappa shape index (κ2) is 7.83. The number of carbonyl (C=O) groups is 2. The molecule has 3 rings (SSSR count). The number of hydrogen-bond acceptors (Lipinski definition) is 2. The Morgan fingerprint density at radius 3 is 2.56 bits per heavy atom. The minimum absolute atomic E-state index is 0.0502. The highest BCUT2D eigenvalue weighted by atomic mass is 79.9. The fourth-order valence-electron chi connectivity index (χ4n) is 3.10. The maximum absolute atomic E-state index is 12.3. The van der Waals surface area contributed by atoms with Gasteiger partial charge in [0, 0.05) is 15.7 Å². The van der Waals surface area contributed by atoms with Crippen molar-refractivity contribution in [1.82, 2.24) is 5.32 Å². The maximum atomic E-state index is 12.3. The van der Waals surface area contributed by atoms with Crippen molar-refractivity contribution in [2.45, 2.75) is 32.6 Å². The van der Waals surface area contributed by atoms with Crippen molar-refractivity contribution in [3.63, 3.8) is 0 Å². The number of halogens is 1. The van der Waals surface area contributed by atoms with Crippen LogP contribution in [0.25, 0.3) is 0 Å². The van der Waals surface area contributed by atoms with E-state index in [2.05, 4.69) is 26.6 Å². The molecular weight excluding hydrogens is 380 g/mol. The Morgan fingerprint density at radius 2 is 1.80 bits per heavy atom. The predicted octanol–water partition coefficient (Wildman–Crippen LogP) is 4.00. The van der Waals surface area contributed by atoms with Crippen LogP contribution in [0.1, 0.15) is 39.9 Å². The Bertz CT molecular complexity index is 817. The van der Waals surface area contributed by atoms with Crippen LogP contribution in [0.4, 0.5) is 5.69 Å². The number of fused-ring (bicyclic) bond motifs is 1. The smallest absolute Gasteiger partial charge is 0.251 e. The van der Waals surface area contributed by atoms with Crippen molar-refractivity contribution in [3.05, 3.63) is 63.1 Å². The molecule has 0 radical (unpaired) electrons. The molecule has 1 aliphatic rings. The van der Waals surface area contributed by atoms with E-state index in [1.54, 1.807) is 0 Å². The summed E-state index contributed by atoms with van der Waals surface area (Å²) < 4.78 is 0.962. The van der Waals surface area contributed by atoms with E-state index in [0.717, 1.165) is 28.6 Å². The number of rotatable bonds is 4. The number of carbonyl (C=O) groups excluding carboxylic acids is 2. The molecule has 2 N–H and O–H groups in total. The first kappa shape index (κ1) is 17.7. The van der Waals surface area contributed by atoms with Gasteiger partial charge < -0.3 is 10.6 Å². The van der Waals surface area contributed by atoms with Gasteiger partial charge in [-0.15, -0.1) is 0 Å². The molecular formula is C20H21BrN2O2. The SMILES string of the molecule is Cc1cc(Br)ccc1NC(=O)CNC(=O)c1ccc2c(c1)CCCC2. The predicted molar refractivity (Wildman–Crippen MR) is 103 cm³/mol. The van der Waals surface area contributed by atoms with Crippen LogP contribution in [-0.2, 0) is 17.6 Å². The second-order valence-electron chi connectivity index (χ2n) is 6.38. The second-order valence-corrected chi connectivity index (χ2v) is 7.30. The molecule has 130 valence electrons. The Labute approximate surface area is 156 Å². The molecule has 4 nitrogen and oxygen atoms in total. The largest absolute Gasteiger partial charge is 0.343 e. The fourth-order valence-corrected chi connectivity index (χ4v) is 3.57. The van der Waals surface area contributed by atoms with Gasteiger partial charge in [-0.3, -0.25) is 9.59 Å². The molecule has 25 heavy (non-hydrogen) atoms. The van der Waals surface area contributed by atoms with Crippen LogP contribution in [0.2, 0.25) is 0 Å². The Morgan fingerprint density at radius 1 is 1.04 bits per heavy atom. The van der Waals surface area contributed by atoms with Crippen LogP contribution in [0.15, 0.2) is 40.9 Å². The molecule has 0 spiro atoms. The van der Waals surface area contributed by atoms with Gasteiger partial charge in [-0.05, 0) is 79.6 Å². The molecule has 0 aliphatic heterocycles. The minimum atomic E-state index is -0.239. The van der Waals surface area contributed by atoms with Crippen LogP contribution in [0.5, 0.6) is 0 Å². The lowest BCUT2D eigenvalue weighted by Crippen LogP contribution is -2.33. The first-order valence-corrected chi connectivity index (χ1v) is 9.28. The number of hydrogen-bond donors (Lipinski definition) is 2. The van der Waals surface area contributed by atoms with Crippen molar-refractivity contribution in [3.8, 4) is 0 Å². The van der Waals surface area contributed by atoms with Crippen LogP contribution in [-0.4, -0.2) is 18.4 Å². The molecule has 0 fully saturated rings. The molecule has 2 aromatic rings. The van der Waals surface area contributed by atoms with E-state index in [-0.39, 0.29) is 18.4 Å². The van der Waals surface area contributed by atoms with Gasteiger partial charge in [0.1, 0.15) is 0 Å². The summed E-state index contributed by atoms with van der Waals surface area (Å²) >= 11 is 3.39. The van der Waals surface area contributed by atoms with E-state index >= 15 is 0 Å². The summed E-state index contributed by atoms with van der Waals surface area (Å²) in [7, 11) is 0. The van der Waals surface area contributed by atoms with E-state index in [0.29, 0.717) is 5.56 Å². The Balaban J connectivity index is 1.57. The highest BCUT2D eigenvalue weighted by Gasteiger charge is 2.14. The van der Waals surface area contributed by atoms with E-state index in [4.69, 9.17) is 0 Å². The summed E-state index contributed by atoms with van der Waals surface area (Å²) in [5.41, 5.74) is 4.92. The molecule has 0 unspecified atom stereocenters. The monoisotopic (exact) mass is 400 g/mol. The zero-order valence-electron chi connectivity index (χ0n) is 14.2. The highest BCUT2D eigenvalue weighted by molar-refractivity contribution is 9.10. The standard InChI is InChI=1S/C20H21BrN2O2/c1-13-10-17(21)8-9-18(13)23-19(24)12-22-20(25)16-7-6-14-4-2-3-5-15(14)11-16/h6-11H,2-5,12H2,1H3,(H,22,25)(H,23,24). The average Bonchev–Trinajstić information content (AvgIpc) is 2.61. The molecule has 0 saturated heterocycles. The summed E-state index contributed by atoms with van der Waals surface area (Å²) in [4.78, 5) is 24.4. The number of anilines is 1. The lowest BCUT2D eigenvalue weighted by atomic mass is 9.90. The number of nitrogens with one attached hydrogen (secondary N) is 2. The number of aryl methyl sites for hydroxylation is 3. The fraction of sp³-hybridized carbons (Fsp3) is 0.300. The lowest BCUT2D eigenvalue weighted by Gasteiger charge is -2.16. The molecule has 0 aromatic heterocycles. The van der Waals surface area contributed by atoms with Gasteiger partial charge in [-0.2, -0.15) is 0 Å². The third kappa shape index (κ3) is 4.48.